The highest BCUT2D eigenvalue weighted by molar-refractivity contribution is 7.99. The Labute approximate surface area is 201 Å². The first-order chi connectivity index (χ1) is 16.5. The second kappa shape index (κ2) is 10.8. The predicted octanol–water partition coefficient (Wildman–Crippen LogP) is 4.69. The van der Waals surface area contributed by atoms with Gasteiger partial charge in [0.25, 0.3) is 11.8 Å². The van der Waals surface area contributed by atoms with E-state index in [2.05, 4.69) is 10.9 Å². The van der Waals surface area contributed by atoms with Gasteiger partial charge in [0.2, 0.25) is 0 Å². The molecule has 7 nitrogen and oxygen atoms in total. The zero-order valence-electron chi connectivity index (χ0n) is 18.5. The van der Waals surface area contributed by atoms with Gasteiger partial charge in [0, 0.05) is 32.9 Å². The normalized spacial score (nSPS) is 11.9. The van der Waals surface area contributed by atoms with Crippen LogP contribution < -0.4 is 10.9 Å². The lowest BCUT2D eigenvalue weighted by Gasteiger charge is -2.09. The van der Waals surface area contributed by atoms with Crippen LogP contribution in [-0.4, -0.2) is 30.1 Å². The molecule has 4 rings (SSSR count). The summed E-state index contributed by atoms with van der Waals surface area (Å²) < 4.78 is 5.06. The Morgan fingerprint density at radius 1 is 0.853 bits per heavy atom. The van der Waals surface area contributed by atoms with Crippen LogP contribution in [0, 0.1) is 0 Å². The van der Waals surface area contributed by atoms with Crippen LogP contribution in [0.15, 0.2) is 87.6 Å². The van der Waals surface area contributed by atoms with Crippen LogP contribution in [-0.2, 0) is 9.53 Å². The van der Waals surface area contributed by atoms with Gasteiger partial charge in [0.15, 0.2) is 0 Å². The molecule has 34 heavy (non-hydrogen) atoms. The lowest BCUT2D eigenvalue weighted by atomic mass is 10.1. The van der Waals surface area contributed by atoms with Gasteiger partial charge in [0.1, 0.15) is 0 Å². The van der Waals surface area contributed by atoms with Gasteiger partial charge in [-0.1, -0.05) is 48.2 Å². The molecule has 0 atom stereocenters. The number of fused-ring (bicyclic) bond motifs is 2. The van der Waals surface area contributed by atoms with Gasteiger partial charge in [-0.2, -0.15) is 0 Å². The van der Waals surface area contributed by atoms with Crippen LogP contribution in [0.1, 0.15) is 46.0 Å². The molecule has 0 radical (unpaired) electrons. The SMILES string of the molecule is CCOC(=O)CCC1=Nc2cc(C(=O)NNC(=O)c3ccccc3)ccc2Sc2ccccc21. The molecule has 2 N–H and O–H groups in total. The summed E-state index contributed by atoms with van der Waals surface area (Å²) in [6.07, 6.45) is 0.631. The Balaban J connectivity index is 1.55. The molecule has 1 heterocycles. The molecule has 0 aliphatic carbocycles. The van der Waals surface area contributed by atoms with E-state index in [1.54, 1.807) is 55.1 Å². The molecule has 3 aromatic rings. The van der Waals surface area contributed by atoms with E-state index in [0.29, 0.717) is 29.8 Å². The lowest BCUT2D eigenvalue weighted by molar-refractivity contribution is -0.142. The number of nitrogens with one attached hydrogen (secondary N) is 2. The minimum absolute atomic E-state index is 0.215. The number of hydrogen-bond acceptors (Lipinski definition) is 6. The van der Waals surface area contributed by atoms with Crippen LogP contribution in [0.25, 0.3) is 0 Å². The Bertz CT molecular complexity index is 1260. The van der Waals surface area contributed by atoms with Crippen molar-refractivity contribution in [3.8, 4) is 0 Å². The summed E-state index contributed by atoms with van der Waals surface area (Å²) >= 11 is 1.56. The summed E-state index contributed by atoms with van der Waals surface area (Å²) in [4.78, 5) is 43.6. The highest BCUT2D eigenvalue weighted by Gasteiger charge is 2.20. The molecule has 0 saturated heterocycles. The van der Waals surface area contributed by atoms with Crippen molar-refractivity contribution in [3.63, 3.8) is 0 Å². The molecule has 0 unspecified atom stereocenters. The fourth-order valence-electron chi connectivity index (χ4n) is 3.44. The number of benzene rings is 3. The largest absolute Gasteiger partial charge is 0.466 e. The molecule has 1 aliphatic rings. The van der Waals surface area contributed by atoms with Crippen molar-refractivity contribution in [1.29, 1.82) is 0 Å². The third kappa shape index (κ3) is 5.52. The number of nitrogens with zero attached hydrogens (tertiary/aromatic N) is 1. The van der Waals surface area contributed by atoms with E-state index >= 15 is 0 Å². The molecule has 0 bridgehead atoms. The van der Waals surface area contributed by atoms with E-state index < -0.39 is 11.8 Å². The molecule has 8 heteroatoms. The summed E-state index contributed by atoms with van der Waals surface area (Å²) in [6.45, 7) is 2.11. The van der Waals surface area contributed by atoms with Gasteiger partial charge >= 0.3 is 5.97 Å². The topological polar surface area (TPSA) is 96.9 Å². The van der Waals surface area contributed by atoms with Gasteiger partial charge in [-0.15, -0.1) is 0 Å². The molecule has 0 aromatic heterocycles. The number of carbonyl (C=O) groups excluding carboxylic acids is 3. The van der Waals surface area contributed by atoms with Crippen molar-refractivity contribution in [2.24, 2.45) is 4.99 Å². The first kappa shape index (κ1) is 23.3. The highest BCUT2D eigenvalue weighted by atomic mass is 32.2. The average molecular weight is 474 g/mol. The standard InChI is InChI=1S/C26H23N3O4S/c1-2-33-24(30)15-13-20-19-10-6-7-11-22(19)34-23-14-12-18(16-21(23)27-20)26(32)29-28-25(31)17-8-4-3-5-9-17/h3-12,14,16H,2,13,15H2,1H3,(H,28,31)(H,29,32). The van der Waals surface area contributed by atoms with Crippen molar-refractivity contribution in [2.45, 2.75) is 29.6 Å². The third-order valence-corrected chi connectivity index (χ3v) is 6.23. The van der Waals surface area contributed by atoms with Crippen molar-refractivity contribution >= 4 is 40.9 Å². The maximum Gasteiger partial charge on any atom is 0.306 e. The fourth-order valence-corrected chi connectivity index (χ4v) is 4.47. The maximum atomic E-state index is 12.7. The number of hydrogen-bond donors (Lipinski definition) is 2. The molecule has 0 fully saturated rings. The van der Waals surface area contributed by atoms with Crippen LogP contribution in [0.2, 0.25) is 0 Å². The Morgan fingerprint density at radius 2 is 1.56 bits per heavy atom. The number of amides is 2. The monoisotopic (exact) mass is 473 g/mol. The van der Waals surface area contributed by atoms with Crippen LogP contribution in [0.5, 0.6) is 0 Å². The number of hydrazine groups is 1. The van der Waals surface area contributed by atoms with Gasteiger partial charge in [-0.25, -0.2) is 0 Å². The molecule has 172 valence electrons. The zero-order chi connectivity index (χ0) is 23.9. The molecular formula is C26H23N3O4S. The first-order valence-electron chi connectivity index (χ1n) is 10.9. The second-order valence-corrected chi connectivity index (χ2v) is 8.50. The second-order valence-electron chi connectivity index (χ2n) is 7.42. The summed E-state index contributed by atoms with van der Waals surface area (Å²) in [5.74, 6) is -1.14. The number of ether oxygens (including phenoxy) is 1. The van der Waals surface area contributed by atoms with E-state index in [-0.39, 0.29) is 12.4 Å². The summed E-state index contributed by atoms with van der Waals surface area (Å²) in [7, 11) is 0. The lowest BCUT2D eigenvalue weighted by Crippen LogP contribution is -2.41. The Kier molecular flexibility index (Phi) is 7.39. The van der Waals surface area contributed by atoms with Crippen molar-refractivity contribution in [3.05, 3.63) is 89.5 Å². The van der Waals surface area contributed by atoms with Crippen LogP contribution in [0.4, 0.5) is 5.69 Å². The quantitative estimate of drug-likeness (QED) is 0.400. The molecular weight excluding hydrogens is 450 g/mol. The molecule has 0 saturated carbocycles. The zero-order valence-corrected chi connectivity index (χ0v) is 19.4. The first-order valence-corrected chi connectivity index (χ1v) is 11.7. The average Bonchev–Trinajstić information content (AvgIpc) is 3.02. The molecule has 3 aromatic carbocycles. The van der Waals surface area contributed by atoms with Crippen molar-refractivity contribution in [1.82, 2.24) is 10.9 Å². The van der Waals surface area contributed by atoms with Gasteiger partial charge in [0.05, 0.1) is 24.4 Å². The maximum absolute atomic E-state index is 12.7. The molecule has 1 aliphatic heterocycles. The molecule has 2 amide bonds. The van der Waals surface area contributed by atoms with Gasteiger partial charge in [-0.05, 0) is 43.3 Å². The predicted molar refractivity (Wildman–Crippen MR) is 130 cm³/mol. The van der Waals surface area contributed by atoms with E-state index in [1.807, 2.05) is 36.4 Å². The Hall–Kier alpha value is -3.91. The third-order valence-electron chi connectivity index (χ3n) is 5.09. The van der Waals surface area contributed by atoms with E-state index in [1.165, 1.54) is 0 Å². The van der Waals surface area contributed by atoms with Crippen molar-refractivity contribution in [2.75, 3.05) is 6.61 Å². The van der Waals surface area contributed by atoms with Gasteiger partial charge < -0.3 is 4.74 Å². The summed E-state index contributed by atoms with van der Waals surface area (Å²) in [6, 6.07) is 21.7. The number of aliphatic imine (C=N–C) groups is 1. The minimum Gasteiger partial charge on any atom is -0.466 e. The highest BCUT2D eigenvalue weighted by Crippen LogP contribution is 2.41. The van der Waals surface area contributed by atoms with Crippen molar-refractivity contribution < 1.29 is 19.1 Å². The smallest absolute Gasteiger partial charge is 0.306 e. The number of carbonyl (C=O) groups is 3. The number of esters is 1. The summed E-state index contributed by atoms with van der Waals surface area (Å²) in [5.41, 5.74) is 8.00. The van der Waals surface area contributed by atoms with Crippen LogP contribution >= 0.6 is 11.8 Å². The fraction of sp³-hybridized carbons (Fsp3) is 0.154. The van der Waals surface area contributed by atoms with Crippen LogP contribution in [0.3, 0.4) is 0 Å². The van der Waals surface area contributed by atoms with E-state index in [4.69, 9.17) is 9.73 Å². The minimum atomic E-state index is -0.456. The van der Waals surface area contributed by atoms with Gasteiger partial charge in [-0.3, -0.25) is 30.2 Å². The summed E-state index contributed by atoms with van der Waals surface area (Å²) in [5, 5.41) is 0. The molecule has 0 spiro atoms. The number of rotatable bonds is 6. The van der Waals surface area contributed by atoms with E-state index in [0.717, 1.165) is 21.1 Å². The Morgan fingerprint density at radius 3 is 2.32 bits per heavy atom. The van der Waals surface area contributed by atoms with E-state index in [9.17, 15) is 14.4 Å².